The van der Waals surface area contributed by atoms with E-state index in [1.54, 1.807) is 12.1 Å². The van der Waals surface area contributed by atoms with Crippen molar-refractivity contribution < 1.29 is 27.0 Å². The number of alkyl halides is 3. The first-order valence-electron chi connectivity index (χ1n) is 8.38. The van der Waals surface area contributed by atoms with Gasteiger partial charge in [0.15, 0.2) is 0 Å². The van der Waals surface area contributed by atoms with E-state index in [1.807, 2.05) is 0 Å². The summed E-state index contributed by atoms with van der Waals surface area (Å²) in [7, 11) is 0. The SMILES string of the molecule is Fc1ccc(CC2CC(Oc3ccc(OC(F)(F)F)cc3)CCN2)cc1. The molecule has 1 aliphatic heterocycles. The van der Waals surface area contributed by atoms with Gasteiger partial charge in [-0.25, -0.2) is 4.39 Å². The molecule has 1 aliphatic rings. The second kappa shape index (κ2) is 7.95. The van der Waals surface area contributed by atoms with Gasteiger partial charge in [0.05, 0.1) is 0 Å². The van der Waals surface area contributed by atoms with Crippen LogP contribution in [0.5, 0.6) is 11.5 Å². The van der Waals surface area contributed by atoms with Crippen LogP contribution in [0.3, 0.4) is 0 Å². The highest BCUT2D eigenvalue weighted by Gasteiger charge is 2.31. The van der Waals surface area contributed by atoms with Gasteiger partial charge in [0.1, 0.15) is 23.4 Å². The van der Waals surface area contributed by atoms with Gasteiger partial charge < -0.3 is 14.8 Å². The molecule has 1 fully saturated rings. The Morgan fingerprint density at radius 2 is 1.62 bits per heavy atom. The smallest absolute Gasteiger partial charge is 0.490 e. The summed E-state index contributed by atoms with van der Waals surface area (Å²) in [6.45, 7) is 0.784. The molecular formula is C19H19F4NO2. The zero-order chi connectivity index (χ0) is 18.6. The van der Waals surface area contributed by atoms with Gasteiger partial charge in [-0.1, -0.05) is 12.1 Å². The van der Waals surface area contributed by atoms with E-state index in [1.165, 1.54) is 36.4 Å². The number of benzene rings is 2. The van der Waals surface area contributed by atoms with Crippen LogP contribution in [0.1, 0.15) is 18.4 Å². The third kappa shape index (κ3) is 5.62. The molecule has 2 unspecified atom stereocenters. The van der Waals surface area contributed by atoms with Crippen LogP contribution in [0.15, 0.2) is 48.5 Å². The standard InChI is InChI=1S/C19H19F4NO2/c20-14-3-1-13(2-4-14)11-15-12-18(9-10-24-15)25-16-5-7-17(8-6-16)26-19(21,22)23/h1-8,15,18,24H,9-12H2. The zero-order valence-corrected chi connectivity index (χ0v) is 13.9. The van der Waals surface area contributed by atoms with Crippen molar-refractivity contribution in [1.82, 2.24) is 5.32 Å². The minimum Gasteiger partial charge on any atom is -0.490 e. The van der Waals surface area contributed by atoms with E-state index in [9.17, 15) is 17.6 Å². The van der Waals surface area contributed by atoms with E-state index in [0.717, 1.165) is 31.4 Å². The molecule has 0 aromatic heterocycles. The largest absolute Gasteiger partial charge is 0.573 e. The quantitative estimate of drug-likeness (QED) is 0.789. The average molecular weight is 369 g/mol. The van der Waals surface area contributed by atoms with E-state index in [4.69, 9.17) is 4.74 Å². The number of rotatable bonds is 5. The molecule has 2 aromatic rings. The van der Waals surface area contributed by atoms with Gasteiger partial charge in [-0.15, -0.1) is 13.2 Å². The molecule has 0 radical (unpaired) electrons. The van der Waals surface area contributed by atoms with Gasteiger partial charge in [0, 0.05) is 6.04 Å². The molecular weight excluding hydrogens is 350 g/mol. The third-order valence-corrected chi connectivity index (χ3v) is 4.20. The normalized spacial score (nSPS) is 20.6. The van der Waals surface area contributed by atoms with Gasteiger partial charge in [-0.2, -0.15) is 0 Å². The summed E-state index contributed by atoms with van der Waals surface area (Å²) in [6, 6.07) is 12.0. The van der Waals surface area contributed by atoms with Gasteiger partial charge in [-0.05, 0) is 67.8 Å². The fourth-order valence-electron chi connectivity index (χ4n) is 3.05. The molecule has 1 heterocycles. The van der Waals surface area contributed by atoms with Crippen LogP contribution >= 0.6 is 0 Å². The van der Waals surface area contributed by atoms with Gasteiger partial charge in [0.25, 0.3) is 0 Å². The summed E-state index contributed by atoms with van der Waals surface area (Å²) in [4.78, 5) is 0. The molecule has 0 spiro atoms. The van der Waals surface area contributed by atoms with Crippen molar-refractivity contribution in [3.63, 3.8) is 0 Å². The number of nitrogens with one attached hydrogen (secondary N) is 1. The highest BCUT2D eigenvalue weighted by molar-refractivity contribution is 5.31. The lowest BCUT2D eigenvalue weighted by Crippen LogP contribution is -2.43. The van der Waals surface area contributed by atoms with E-state index >= 15 is 0 Å². The molecule has 0 saturated carbocycles. The van der Waals surface area contributed by atoms with Crippen molar-refractivity contribution in [2.45, 2.75) is 37.8 Å². The molecule has 1 saturated heterocycles. The average Bonchev–Trinajstić information content (AvgIpc) is 2.58. The number of ether oxygens (including phenoxy) is 2. The van der Waals surface area contributed by atoms with Crippen molar-refractivity contribution in [1.29, 1.82) is 0 Å². The van der Waals surface area contributed by atoms with Crippen molar-refractivity contribution in [3.8, 4) is 11.5 Å². The lowest BCUT2D eigenvalue weighted by Gasteiger charge is -2.31. The summed E-state index contributed by atoms with van der Waals surface area (Å²) in [6.07, 6.45) is -2.40. The second-order valence-electron chi connectivity index (χ2n) is 6.27. The van der Waals surface area contributed by atoms with Gasteiger partial charge in [0.2, 0.25) is 0 Å². The van der Waals surface area contributed by atoms with E-state index in [0.29, 0.717) is 5.75 Å². The lowest BCUT2D eigenvalue weighted by atomic mass is 9.96. The minimum absolute atomic E-state index is 0.0314. The summed E-state index contributed by atoms with van der Waals surface area (Å²) < 4.78 is 59.3. The Morgan fingerprint density at radius 1 is 0.962 bits per heavy atom. The van der Waals surface area contributed by atoms with Crippen LogP contribution < -0.4 is 14.8 Å². The van der Waals surface area contributed by atoms with Crippen LogP contribution in [-0.2, 0) is 6.42 Å². The molecule has 3 nitrogen and oxygen atoms in total. The number of hydrogen-bond donors (Lipinski definition) is 1. The minimum atomic E-state index is -4.70. The lowest BCUT2D eigenvalue weighted by molar-refractivity contribution is -0.274. The molecule has 2 aromatic carbocycles. The molecule has 0 amide bonds. The Morgan fingerprint density at radius 3 is 2.27 bits per heavy atom. The maximum Gasteiger partial charge on any atom is 0.573 e. The number of hydrogen-bond acceptors (Lipinski definition) is 3. The van der Waals surface area contributed by atoms with Crippen molar-refractivity contribution in [3.05, 3.63) is 59.9 Å². The highest BCUT2D eigenvalue weighted by Crippen LogP contribution is 2.26. The molecule has 3 rings (SSSR count). The Kier molecular flexibility index (Phi) is 5.66. The summed E-state index contributed by atoms with van der Waals surface area (Å²) in [5, 5.41) is 3.41. The first-order chi connectivity index (χ1) is 12.4. The zero-order valence-electron chi connectivity index (χ0n) is 13.9. The fourth-order valence-corrected chi connectivity index (χ4v) is 3.05. The highest BCUT2D eigenvalue weighted by atomic mass is 19.4. The molecule has 2 atom stereocenters. The molecule has 26 heavy (non-hydrogen) atoms. The second-order valence-corrected chi connectivity index (χ2v) is 6.27. The number of halogens is 4. The summed E-state index contributed by atoms with van der Waals surface area (Å²) >= 11 is 0. The van der Waals surface area contributed by atoms with E-state index < -0.39 is 6.36 Å². The van der Waals surface area contributed by atoms with Gasteiger partial charge in [-0.3, -0.25) is 0 Å². The van der Waals surface area contributed by atoms with Crippen LogP contribution in [0.25, 0.3) is 0 Å². The fraction of sp³-hybridized carbons (Fsp3) is 0.368. The predicted molar refractivity (Wildman–Crippen MR) is 88.7 cm³/mol. The Labute approximate surface area is 148 Å². The molecule has 1 N–H and O–H groups in total. The maximum absolute atomic E-state index is 13.0. The van der Waals surface area contributed by atoms with Crippen LogP contribution in [0.4, 0.5) is 17.6 Å². The molecule has 7 heteroatoms. The van der Waals surface area contributed by atoms with Crippen LogP contribution in [0.2, 0.25) is 0 Å². The third-order valence-electron chi connectivity index (χ3n) is 4.20. The summed E-state index contributed by atoms with van der Waals surface area (Å²) in [5.41, 5.74) is 1.04. The molecule has 0 bridgehead atoms. The Hall–Kier alpha value is -2.28. The van der Waals surface area contributed by atoms with Crippen molar-refractivity contribution in [2.24, 2.45) is 0 Å². The van der Waals surface area contributed by atoms with Crippen LogP contribution in [0, 0.1) is 5.82 Å². The predicted octanol–water partition coefficient (Wildman–Crippen LogP) is 4.47. The first-order valence-corrected chi connectivity index (χ1v) is 8.38. The Bertz CT molecular complexity index is 701. The van der Waals surface area contributed by atoms with Gasteiger partial charge >= 0.3 is 6.36 Å². The van der Waals surface area contributed by atoms with E-state index in [2.05, 4.69) is 10.1 Å². The first kappa shape index (κ1) is 18.5. The molecule has 0 aliphatic carbocycles. The molecule has 140 valence electrons. The maximum atomic E-state index is 13.0. The van der Waals surface area contributed by atoms with Crippen LogP contribution in [-0.4, -0.2) is 25.1 Å². The number of piperidine rings is 1. The Balaban J connectivity index is 1.54. The summed E-state index contributed by atoms with van der Waals surface area (Å²) in [5.74, 6) is -0.0270. The monoisotopic (exact) mass is 369 g/mol. The van der Waals surface area contributed by atoms with E-state index in [-0.39, 0.29) is 23.7 Å². The van der Waals surface area contributed by atoms with Crippen molar-refractivity contribution in [2.75, 3.05) is 6.54 Å². The topological polar surface area (TPSA) is 30.5 Å². The van der Waals surface area contributed by atoms with Crippen molar-refractivity contribution >= 4 is 0 Å².